The van der Waals surface area contributed by atoms with E-state index in [0.717, 1.165) is 0 Å². The van der Waals surface area contributed by atoms with Crippen LogP contribution in [0.15, 0.2) is 18.2 Å². The first kappa shape index (κ1) is 14.8. The molecule has 1 aromatic carbocycles. The van der Waals surface area contributed by atoms with E-state index in [2.05, 4.69) is 6.58 Å². The van der Waals surface area contributed by atoms with Crippen LogP contribution in [0, 0.1) is 0 Å². The molecule has 0 heterocycles. The first-order valence-corrected chi connectivity index (χ1v) is 5.71. The lowest BCUT2D eigenvalue weighted by molar-refractivity contribution is -0.130. The summed E-state index contributed by atoms with van der Waals surface area (Å²) >= 11 is 0. The van der Waals surface area contributed by atoms with Crippen LogP contribution >= 0.6 is 0 Å². The molecule has 1 aromatic rings. The number of rotatable bonds is 5. The molecule has 0 spiro atoms. The van der Waals surface area contributed by atoms with Crippen LogP contribution in [0.1, 0.15) is 29.8 Å². The molecular formula is C14H16O5. The fourth-order valence-corrected chi connectivity index (χ4v) is 1.64. The number of ether oxygens (including phenoxy) is 2. The fourth-order valence-electron chi connectivity index (χ4n) is 1.64. The van der Waals surface area contributed by atoms with Crippen LogP contribution in [0.3, 0.4) is 0 Å². The van der Waals surface area contributed by atoms with Crippen LogP contribution in [0.5, 0.6) is 17.2 Å². The third-order valence-corrected chi connectivity index (χ3v) is 2.59. The Morgan fingerprint density at radius 2 is 2.16 bits per heavy atom. The molecule has 0 bridgehead atoms. The molecule has 0 radical (unpaired) electrons. The number of carbonyl (C=O) groups is 2. The molecular weight excluding hydrogens is 248 g/mol. The Morgan fingerprint density at radius 3 is 2.58 bits per heavy atom. The van der Waals surface area contributed by atoms with Gasteiger partial charge in [0.1, 0.15) is 0 Å². The number of aldehydes is 1. The number of benzene rings is 1. The van der Waals surface area contributed by atoms with Crippen molar-refractivity contribution >= 4 is 12.3 Å². The van der Waals surface area contributed by atoms with E-state index in [1.807, 2.05) is 6.92 Å². The predicted molar refractivity (Wildman–Crippen MR) is 69.9 cm³/mol. The van der Waals surface area contributed by atoms with E-state index in [1.54, 1.807) is 0 Å². The Bertz CT molecular complexity index is 531. The quantitative estimate of drug-likeness (QED) is 0.382. The van der Waals surface area contributed by atoms with Crippen molar-refractivity contribution in [2.45, 2.75) is 20.3 Å². The lowest BCUT2D eigenvalue weighted by atomic mass is 10.0. The summed E-state index contributed by atoms with van der Waals surface area (Å²) in [5, 5.41) is 10.0. The number of phenols is 1. The minimum atomic E-state index is -0.682. The van der Waals surface area contributed by atoms with Gasteiger partial charge in [-0.3, -0.25) is 4.79 Å². The fraction of sp³-hybridized carbons (Fsp3) is 0.286. The molecule has 1 rings (SSSR count). The third kappa shape index (κ3) is 2.93. The van der Waals surface area contributed by atoms with E-state index in [1.165, 1.54) is 20.1 Å². The number of hydrogen-bond donors (Lipinski definition) is 1. The number of hydrogen-bond acceptors (Lipinski definition) is 5. The number of esters is 1. The number of aromatic hydroxyl groups is 1. The first-order valence-electron chi connectivity index (χ1n) is 5.71. The van der Waals surface area contributed by atoms with Crippen LogP contribution in [-0.2, 0) is 11.2 Å². The summed E-state index contributed by atoms with van der Waals surface area (Å²) in [4.78, 5) is 22.5. The maximum Gasteiger partial charge on any atom is 0.338 e. The van der Waals surface area contributed by atoms with Crippen LogP contribution in [0.25, 0.3) is 0 Å². The summed E-state index contributed by atoms with van der Waals surface area (Å²) < 4.78 is 10.0. The molecule has 0 aromatic heterocycles. The van der Waals surface area contributed by atoms with E-state index >= 15 is 0 Å². The second-order valence-corrected chi connectivity index (χ2v) is 3.97. The topological polar surface area (TPSA) is 72.8 Å². The van der Waals surface area contributed by atoms with Crippen LogP contribution in [0.2, 0.25) is 0 Å². The van der Waals surface area contributed by atoms with Crippen LogP contribution in [0.4, 0.5) is 0 Å². The summed E-state index contributed by atoms with van der Waals surface area (Å²) in [6, 6.07) is 1.31. The normalized spacial score (nSPS) is 9.84. The standard InChI is InChI=1S/C14H16O5/c1-5-10-9(7-15)6-11(12(16)13(10)18-4)19-14(17)8(2)3/h6-7,16H,2,5H2,1,3-4H3. The zero-order chi connectivity index (χ0) is 14.6. The third-order valence-electron chi connectivity index (χ3n) is 2.59. The van der Waals surface area contributed by atoms with Gasteiger partial charge in [-0.2, -0.15) is 0 Å². The molecule has 1 N–H and O–H groups in total. The summed E-state index contributed by atoms with van der Waals surface area (Å²) in [6.07, 6.45) is 1.12. The van der Waals surface area contributed by atoms with E-state index in [4.69, 9.17) is 9.47 Å². The summed E-state index contributed by atoms with van der Waals surface area (Å²) in [6.45, 7) is 6.75. The highest BCUT2D eigenvalue weighted by Crippen LogP contribution is 2.41. The predicted octanol–water partition coefficient (Wildman–Crippen LogP) is 2.26. The summed E-state index contributed by atoms with van der Waals surface area (Å²) in [7, 11) is 1.37. The minimum absolute atomic E-state index is 0.121. The van der Waals surface area contributed by atoms with Crippen LogP contribution in [-0.4, -0.2) is 24.5 Å². The molecule has 19 heavy (non-hydrogen) atoms. The lowest BCUT2D eigenvalue weighted by Crippen LogP contribution is -2.09. The molecule has 0 unspecified atom stereocenters. The Morgan fingerprint density at radius 1 is 1.53 bits per heavy atom. The molecule has 0 saturated heterocycles. The lowest BCUT2D eigenvalue weighted by Gasteiger charge is -2.14. The van der Waals surface area contributed by atoms with Gasteiger partial charge < -0.3 is 14.6 Å². The monoisotopic (exact) mass is 264 g/mol. The molecule has 0 aliphatic rings. The second kappa shape index (κ2) is 6.04. The van der Waals surface area contributed by atoms with Crippen molar-refractivity contribution in [2.24, 2.45) is 0 Å². The van der Waals surface area contributed by atoms with Gasteiger partial charge in [0.15, 0.2) is 17.8 Å². The molecule has 0 amide bonds. The molecule has 0 aliphatic heterocycles. The molecule has 0 fully saturated rings. The largest absolute Gasteiger partial charge is 0.502 e. The van der Waals surface area contributed by atoms with Crippen molar-refractivity contribution in [3.63, 3.8) is 0 Å². The van der Waals surface area contributed by atoms with Crippen molar-refractivity contribution in [1.82, 2.24) is 0 Å². The highest BCUT2D eigenvalue weighted by molar-refractivity contribution is 5.90. The van der Waals surface area contributed by atoms with Crippen molar-refractivity contribution in [2.75, 3.05) is 7.11 Å². The number of phenolic OH excluding ortho intramolecular Hbond substituents is 1. The first-order chi connectivity index (χ1) is 8.96. The van der Waals surface area contributed by atoms with Gasteiger partial charge in [0.05, 0.1) is 7.11 Å². The zero-order valence-corrected chi connectivity index (χ0v) is 11.1. The van der Waals surface area contributed by atoms with Gasteiger partial charge in [0.25, 0.3) is 0 Å². The van der Waals surface area contributed by atoms with E-state index < -0.39 is 5.97 Å². The van der Waals surface area contributed by atoms with Gasteiger partial charge in [-0.25, -0.2) is 4.79 Å². The van der Waals surface area contributed by atoms with Crippen LogP contribution < -0.4 is 9.47 Å². The average Bonchev–Trinajstić information content (AvgIpc) is 2.39. The molecule has 0 atom stereocenters. The highest BCUT2D eigenvalue weighted by atomic mass is 16.5. The summed E-state index contributed by atoms with van der Waals surface area (Å²) in [5.41, 5.74) is 1.05. The Kier molecular flexibility index (Phi) is 4.69. The van der Waals surface area contributed by atoms with Crippen molar-refractivity contribution in [1.29, 1.82) is 0 Å². The maximum absolute atomic E-state index is 11.5. The van der Waals surface area contributed by atoms with E-state index in [0.29, 0.717) is 23.8 Å². The van der Waals surface area contributed by atoms with Crippen molar-refractivity contribution < 1.29 is 24.2 Å². The average molecular weight is 264 g/mol. The van der Waals surface area contributed by atoms with E-state index in [-0.39, 0.29) is 22.8 Å². The number of carbonyl (C=O) groups excluding carboxylic acids is 2. The Balaban J connectivity index is 3.38. The molecule has 102 valence electrons. The van der Waals surface area contributed by atoms with Gasteiger partial charge >= 0.3 is 5.97 Å². The summed E-state index contributed by atoms with van der Waals surface area (Å²) in [5.74, 6) is -0.973. The zero-order valence-electron chi connectivity index (χ0n) is 11.1. The molecule has 5 heteroatoms. The smallest absolute Gasteiger partial charge is 0.338 e. The van der Waals surface area contributed by atoms with Gasteiger partial charge in [-0.15, -0.1) is 0 Å². The molecule has 5 nitrogen and oxygen atoms in total. The number of methoxy groups -OCH3 is 1. The van der Waals surface area contributed by atoms with E-state index in [9.17, 15) is 14.7 Å². The van der Waals surface area contributed by atoms with Gasteiger partial charge in [0, 0.05) is 16.7 Å². The maximum atomic E-state index is 11.5. The SMILES string of the molecule is C=C(C)C(=O)Oc1cc(C=O)c(CC)c(OC)c1O. The van der Waals surface area contributed by atoms with Gasteiger partial charge in [-0.1, -0.05) is 13.5 Å². The molecule has 0 saturated carbocycles. The molecule has 0 aliphatic carbocycles. The van der Waals surface area contributed by atoms with Gasteiger partial charge in [-0.05, 0) is 19.4 Å². The van der Waals surface area contributed by atoms with Crippen molar-refractivity contribution in [3.8, 4) is 17.2 Å². The Hall–Kier alpha value is -2.30. The van der Waals surface area contributed by atoms with Gasteiger partial charge in [0.2, 0.25) is 5.75 Å². The minimum Gasteiger partial charge on any atom is -0.502 e. The Labute approximate surface area is 111 Å². The highest BCUT2D eigenvalue weighted by Gasteiger charge is 2.20. The van der Waals surface area contributed by atoms with Crippen molar-refractivity contribution in [3.05, 3.63) is 29.3 Å². The second-order valence-electron chi connectivity index (χ2n) is 3.97.